The van der Waals surface area contributed by atoms with Gasteiger partial charge in [-0.05, 0) is 35.7 Å². The molecular weight excluding hydrogens is 224 g/mol. The molecule has 2 aliphatic rings. The molecule has 0 radical (unpaired) electrons. The van der Waals surface area contributed by atoms with Crippen molar-refractivity contribution in [3.8, 4) is 22.6 Å². The fourth-order valence-corrected chi connectivity index (χ4v) is 2.38. The van der Waals surface area contributed by atoms with Gasteiger partial charge in [0.25, 0.3) is 0 Å². The maximum atomic E-state index is 5.95. The van der Waals surface area contributed by atoms with E-state index in [0.717, 1.165) is 35.7 Å². The Morgan fingerprint density at radius 1 is 1.11 bits per heavy atom. The highest BCUT2D eigenvalue weighted by Crippen LogP contribution is 2.52. The number of nitrogen functional groups attached to an aromatic ring is 2. The number of ether oxygens (including phenoxy) is 1. The summed E-state index contributed by atoms with van der Waals surface area (Å²) < 4.78 is 5.56. The Kier molecular flexibility index (Phi) is 2.40. The van der Waals surface area contributed by atoms with Gasteiger partial charge in [-0.3, -0.25) is 0 Å². The van der Waals surface area contributed by atoms with Crippen molar-refractivity contribution in [1.29, 1.82) is 0 Å². The summed E-state index contributed by atoms with van der Waals surface area (Å²) in [6, 6.07) is 9.95. The van der Waals surface area contributed by atoms with Crippen LogP contribution in [-0.4, -0.2) is 0 Å². The molecule has 2 heterocycles. The average molecular weight is 240 g/mol. The molecule has 0 unspecified atom stereocenters. The standard InChI is InChI=1S/C15H16N2O/c1-2-3-11-12(8-13-14(17)15(11)18-13)9-4-6-10(16)7-5-9/h4-8H,2-3,16-17H2,1H3. The summed E-state index contributed by atoms with van der Waals surface area (Å²) >= 11 is 0. The van der Waals surface area contributed by atoms with Gasteiger partial charge >= 0.3 is 0 Å². The summed E-state index contributed by atoms with van der Waals surface area (Å²) in [5.41, 5.74) is 16.8. The molecule has 0 amide bonds. The molecule has 3 heteroatoms. The van der Waals surface area contributed by atoms with Gasteiger partial charge in [-0.2, -0.15) is 0 Å². The Bertz CT molecular complexity index is 603. The molecule has 4 N–H and O–H groups in total. The quantitative estimate of drug-likeness (QED) is 0.688. The average Bonchev–Trinajstić information content (AvgIpc) is 2.39. The number of hydrogen-bond donors (Lipinski definition) is 2. The zero-order valence-corrected chi connectivity index (χ0v) is 10.4. The first-order chi connectivity index (χ1) is 8.70. The Balaban J connectivity index is 2.13. The molecule has 2 aliphatic heterocycles. The summed E-state index contributed by atoms with van der Waals surface area (Å²) in [6.45, 7) is 2.16. The molecule has 0 aromatic heterocycles. The van der Waals surface area contributed by atoms with E-state index in [1.165, 1.54) is 16.7 Å². The predicted molar refractivity (Wildman–Crippen MR) is 74.8 cm³/mol. The van der Waals surface area contributed by atoms with E-state index < -0.39 is 0 Å². The van der Waals surface area contributed by atoms with E-state index in [-0.39, 0.29) is 0 Å². The molecule has 0 saturated heterocycles. The van der Waals surface area contributed by atoms with Crippen molar-refractivity contribution >= 4 is 11.4 Å². The first-order valence-electron chi connectivity index (χ1n) is 6.19. The van der Waals surface area contributed by atoms with E-state index in [1.807, 2.05) is 30.3 Å². The highest BCUT2D eigenvalue weighted by atomic mass is 16.5. The second-order valence-electron chi connectivity index (χ2n) is 4.62. The van der Waals surface area contributed by atoms with Crippen molar-refractivity contribution in [2.45, 2.75) is 19.8 Å². The van der Waals surface area contributed by atoms with E-state index in [1.54, 1.807) is 0 Å². The molecule has 2 aromatic carbocycles. The molecule has 2 bridgehead atoms. The normalized spacial score (nSPS) is 11.8. The molecule has 0 atom stereocenters. The van der Waals surface area contributed by atoms with Gasteiger partial charge in [-0.1, -0.05) is 25.5 Å². The lowest BCUT2D eigenvalue weighted by Crippen LogP contribution is -2.09. The van der Waals surface area contributed by atoms with Crippen molar-refractivity contribution in [3.05, 3.63) is 35.9 Å². The second-order valence-corrected chi connectivity index (χ2v) is 4.62. The van der Waals surface area contributed by atoms with Gasteiger partial charge in [0.2, 0.25) is 0 Å². The molecule has 0 spiro atoms. The van der Waals surface area contributed by atoms with E-state index in [0.29, 0.717) is 0 Å². The van der Waals surface area contributed by atoms with E-state index >= 15 is 0 Å². The lowest BCUT2D eigenvalue weighted by atomic mass is 9.92. The van der Waals surface area contributed by atoms with Crippen molar-refractivity contribution in [3.63, 3.8) is 0 Å². The lowest BCUT2D eigenvalue weighted by molar-refractivity contribution is 0.440. The Hall–Kier alpha value is -2.16. The summed E-state index contributed by atoms with van der Waals surface area (Å²) in [5, 5.41) is 0. The minimum atomic E-state index is 0.778. The third-order valence-electron chi connectivity index (χ3n) is 3.32. The summed E-state index contributed by atoms with van der Waals surface area (Å²) in [5.74, 6) is 1.65. The number of nitrogens with two attached hydrogens (primary N) is 2. The molecule has 4 rings (SSSR count). The molecular formula is C15H16N2O. The van der Waals surface area contributed by atoms with Crippen LogP contribution < -0.4 is 16.2 Å². The number of anilines is 2. The van der Waals surface area contributed by atoms with Gasteiger partial charge in [0, 0.05) is 11.3 Å². The molecule has 2 aromatic rings. The minimum Gasteiger partial charge on any atom is -0.452 e. The molecule has 0 aliphatic carbocycles. The van der Waals surface area contributed by atoms with Crippen molar-refractivity contribution in [2.75, 3.05) is 11.5 Å². The zero-order chi connectivity index (χ0) is 12.7. The van der Waals surface area contributed by atoms with E-state index in [9.17, 15) is 0 Å². The monoisotopic (exact) mass is 240 g/mol. The van der Waals surface area contributed by atoms with Crippen molar-refractivity contribution < 1.29 is 4.74 Å². The smallest absolute Gasteiger partial charge is 0.158 e. The molecule has 3 nitrogen and oxygen atoms in total. The Labute approximate surface area is 106 Å². The van der Waals surface area contributed by atoms with Crippen LogP contribution in [0.25, 0.3) is 11.1 Å². The maximum absolute atomic E-state index is 5.95. The summed E-state index contributed by atoms with van der Waals surface area (Å²) in [6.07, 6.45) is 2.04. The van der Waals surface area contributed by atoms with Crippen molar-refractivity contribution in [2.24, 2.45) is 0 Å². The molecule has 0 fully saturated rings. The highest BCUT2D eigenvalue weighted by Gasteiger charge is 2.27. The van der Waals surface area contributed by atoms with Crippen LogP contribution in [0.1, 0.15) is 18.9 Å². The topological polar surface area (TPSA) is 61.3 Å². The van der Waals surface area contributed by atoms with Gasteiger partial charge in [0.05, 0.1) is 0 Å². The number of benzene rings is 2. The first-order valence-corrected chi connectivity index (χ1v) is 6.19. The van der Waals surface area contributed by atoms with Crippen LogP contribution in [0, 0.1) is 0 Å². The third-order valence-corrected chi connectivity index (χ3v) is 3.32. The van der Waals surface area contributed by atoms with Crippen LogP contribution in [0.4, 0.5) is 11.4 Å². The van der Waals surface area contributed by atoms with Gasteiger partial charge in [-0.15, -0.1) is 0 Å². The predicted octanol–water partition coefficient (Wildman–Crippen LogP) is 3.58. The second kappa shape index (κ2) is 3.95. The largest absolute Gasteiger partial charge is 0.452 e. The van der Waals surface area contributed by atoms with Crippen LogP contribution in [-0.2, 0) is 6.42 Å². The van der Waals surface area contributed by atoms with Crippen LogP contribution in [0.3, 0.4) is 0 Å². The molecule has 0 saturated carbocycles. The van der Waals surface area contributed by atoms with Gasteiger partial charge in [0.15, 0.2) is 11.5 Å². The van der Waals surface area contributed by atoms with E-state index in [4.69, 9.17) is 16.2 Å². The third kappa shape index (κ3) is 1.51. The first kappa shape index (κ1) is 11.0. The van der Waals surface area contributed by atoms with Gasteiger partial charge in [0.1, 0.15) is 5.69 Å². The van der Waals surface area contributed by atoms with Gasteiger partial charge < -0.3 is 16.2 Å². The minimum absolute atomic E-state index is 0.778. The molecule has 18 heavy (non-hydrogen) atoms. The number of hydrogen-bond acceptors (Lipinski definition) is 3. The molecule has 92 valence electrons. The van der Waals surface area contributed by atoms with Crippen LogP contribution in [0.5, 0.6) is 11.5 Å². The fraction of sp³-hybridized carbons (Fsp3) is 0.200. The van der Waals surface area contributed by atoms with E-state index in [2.05, 4.69) is 6.92 Å². The van der Waals surface area contributed by atoms with Crippen molar-refractivity contribution in [1.82, 2.24) is 0 Å². The SMILES string of the molecule is CCCc1c(-c2ccc(N)cc2)cc2c(N)c1O2. The number of fused-ring (bicyclic) bond motifs is 2. The fourth-order valence-electron chi connectivity index (χ4n) is 2.38. The number of rotatable bonds is 3. The van der Waals surface area contributed by atoms with Gasteiger partial charge in [-0.25, -0.2) is 0 Å². The summed E-state index contributed by atoms with van der Waals surface area (Å²) in [4.78, 5) is 0. The van der Waals surface area contributed by atoms with Crippen LogP contribution in [0.2, 0.25) is 0 Å². The van der Waals surface area contributed by atoms with Crippen LogP contribution in [0.15, 0.2) is 30.3 Å². The Morgan fingerprint density at radius 2 is 1.83 bits per heavy atom. The zero-order valence-electron chi connectivity index (χ0n) is 10.4. The lowest BCUT2D eigenvalue weighted by Gasteiger charge is -2.27. The maximum Gasteiger partial charge on any atom is 0.158 e. The summed E-state index contributed by atoms with van der Waals surface area (Å²) in [7, 11) is 0. The van der Waals surface area contributed by atoms with Crippen LogP contribution >= 0.6 is 0 Å². The highest BCUT2D eigenvalue weighted by molar-refractivity contribution is 5.85. The Morgan fingerprint density at radius 3 is 2.44 bits per heavy atom.